The normalized spacial score (nSPS) is 10.8. The maximum absolute atomic E-state index is 10.9. The molecule has 0 aliphatic rings. The maximum atomic E-state index is 10.9. The average molecular weight is 236 g/mol. The Morgan fingerprint density at radius 2 is 2.24 bits per heavy atom. The van der Waals surface area contributed by atoms with Crippen LogP contribution in [-0.4, -0.2) is 29.1 Å². The molecule has 0 radical (unpaired) electrons. The van der Waals surface area contributed by atoms with Crippen LogP contribution in [-0.2, 0) is 9.59 Å². The first kappa shape index (κ1) is 12.7. The molecule has 0 aliphatic heterocycles. The molecule has 2 N–H and O–H groups in total. The van der Waals surface area contributed by atoms with Gasteiger partial charge in [-0.1, -0.05) is 0 Å². The number of carbonyl (C=O) groups is 2. The Balaban J connectivity index is 3.12. The molecule has 1 amide bonds. The number of nitrogens with zero attached hydrogens (tertiary/aromatic N) is 1. The summed E-state index contributed by atoms with van der Waals surface area (Å²) in [6.45, 7) is 1.23. The number of aliphatic carboxylic acids is 1. The summed E-state index contributed by atoms with van der Waals surface area (Å²) >= 11 is 0. The Kier molecular flexibility index (Phi) is 4.21. The number of carboxylic acid groups (broad SMARTS) is 1. The van der Waals surface area contributed by atoms with E-state index in [9.17, 15) is 9.59 Å². The molecule has 90 valence electrons. The van der Waals surface area contributed by atoms with Crippen molar-refractivity contribution in [1.29, 1.82) is 0 Å². The molecule has 0 saturated carbocycles. The van der Waals surface area contributed by atoms with E-state index in [0.717, 1.165) is 0 Å². The van der Waals surface area contributed by atoms with Crippen LogP contribution >= 0.6 is 0 Å². The molecule has 0 saturated heterocycles. The summed E-state index contributed by atoms with van der Waals surface area (Å²) in [5.74, 6) is -1.28. The van der Waals surface area contributed by atoms with E-state index >= 15 is 0 Å². The van der Waals surface area contributed by atoms with E-state index in [2.05, 4.69) is 10.3 Å². The molecule has 0 bridgehead atoms. The summed E-state index contributed by atoms with van der Waals surface area (Å²) in [4.78, 5) is 25.7. The van der Waals surface area contributed by atoms with Crippen LogP contribution in [0.15, 0.2) is 24.0 Å². The lowest BCUT2D eigenvalue weighted by atomic mass is 10.2. The first-order valence-electron chi connectivity index (χ1n) is 4.76. The second-order valence-corrected chi connectivity index (χ2v) is 3.14. The number of rotatable bonds is 4. The molecule has 0 fully saturated rings. The predicted octanol–water partition coefficient (Wildman–Crippen LogP) is 0.652. The van der Waals surface area contributed by atoms with Crippen molar-refractivity contribution >= 4 is 18.0 Å². The molecule has 17 heavy (non-hydrogen) atoms. The monoisotopic (exact) mass is 236 g/mol. The van der Waals surface area contributed by atoms with Crippen molar-refractivity contribution in [3.63, 3.8) is 0 Å². The molecule has 0 unspecified atom stereocenters. The summed E-state index contributed by atoms with van der Waals surface area (Å²) in [6, 6.07) is 3.31. The quantitative estimate of drug-likeness (QED) is 0.749. The number of pyridine rings is 1. The molecule has 0 atom stereocenters. The van der Waals surface area contributed by atoms with Crippen LogP contribution in [0.1, 0.15) is 12.6 Å². The Labute approximate surface area is 97.9 Å². The molecule has 6 nitrogen and oxygen atoms in total. The minimum atomic E-state index is -1.24. The van der Waals surface area contributed by atoms with Crippen LogP contribution in [0.2, 0.25) is 0 Å². The van der Waals surface area contributed by atoms with Gasteiger partial charge in [0.05, 0.1) is 7.11 Å². The van der Waals surface area contributed by atoms with E-state index in [-0.39, 0.29) is 5.70 Å². The van der Waals surface area contributed by atoms with Gasteiger partial charge in [0.25, 0.3) is 0 Å². The molecule has 0 spiro atoms. The van der Waals surface area contributed by atoms with Crippen molar-refractivity contribution in [2.45, 2.75) is 6.92 Å². The van der Waals surface area contributed by atoms with Crippen molar-refractivity contribution in [1.82, 2.24) is 10.3 Å². The predicted molar refractivity (Wildman–Crippen MR) is 60.2 cm³/mol. The summed E-state index contributed by atoms with van der Waals surface area (Å²) < 4.78 is 5.02. The van der Waals surface area contributed by atoms with Gasteiger partial charge in [0.2, 0.25) is 5.91 Å². The molecule has 1 heterocycles. The van der Waals surface area contributed by atoms with E-state index in [1.54, 1.807) is 12.1 Å². The van der Waals surface area contributed by atoms with Gasteiger partial charge in [0, 0.05) is 13.1 Å². The SMILES string of the molecule is COc1cccnc1/C=C(/NC(C)=O)C(=O)O. The van der Waals surface area contributed by atoms with Crippen molar-refractivity contribution in [2.75, 3.05) is 7.11 Å². The number of ether oxygens (including phenoxy) is 1. The molecule has 1 rings (SSSR count). The second kappa shape index (κ2) is 5.64. The largest absolute Gasteiger partial charge is 0.494 e. The highest BCUT2D eigenvalue weighted by Gasteiger charge is 2.11. The fourth-order valence-electron chi connectivity index (χ4n) is 1.16. The number of methoxy groups -OCH3 is 1. The van der Waals surface area contributed by atoms with Gasteiger partial charge in [-0.3, -0.25) is 9.78 Å². The van der Waals surface area contributed by atoms with Gasteiger partial charge in [-0.15, -0.1) is 0 Å². The van der Waals surface area contributed by atoms with Crippen LogP contribution in [0.25, 0.3) is 6.08 Å². The van der Waals surface area contributed by atoms with Gasteiger partial charge in [-0.2, -0.15) is 0 Å². The van der Waals surface area contributed by atoms with Crippen molar-refractivity contribution in [3.8, 4) is 5.75 Å². The lowest BCUT2D eigenvalue weighted by molar-refractivity contribution is -0.134. The third kappa shape index (κ3) is 3.60. The zero-order valence-corrected chi connectivity index (χ0v) is 9.43. The fraction of sp³-hybridized carbons (Fsp3) is 0.182. The lowest BCUT2D eigenvalue weighted by Crippen LogP contribution is -2.24. The topological polar surface area (TPSA) is 88.5 Å². The lowest BCUT2D eigenvalue weighted by Gasteiger charge is -2.05. The van der Waals surface area contributed by atoms with E-state index in [1.165, 1.54) is 26.3 Å². The Morgan fingerprint density at radius 1 is 1.53 bits per heavy atom. The first-order chi connectivity index (χ1) is 8.04. The number of hydrogen-bond acceptors (Lipinski definition) is 4. The second-order valence-electron chi connectivity index (χ2n) is 3.14. The summed E-state index contributed by atoms with van der Waals surface area (Å²) in [5, 5.41) is 11.1. The van der Waals surface area contributed by atoms with E-state index in [4.69, 9.17) is 9.84 Å². The van der Waals surface area contributed by atoms with E-state index in [1.807, 2.05) is 0 Å². The van der Waals surface area contributed by atoms with Gasteiger partial charge < -0.3 is 15.2 Å². The summed E-state index contributed by atoms with van der Waals surface area (Å²) in [6.07, 6.45) is 2.74. The summed E-state index contributed by atoms with van der Waals surface area (Å²) in [7, 11) is 1.45. The number of carboxylic acids is 1. The van der Waals surface area contributed by atoms with E-state index < -0.39 is 11.9 Å². The van der Waals surface area contributed by atoms with Crippen LogP contribution < -0.4 is 10.1 Å². The van der Waals surface area contributed by atoms with Crippen molar-refractivity contribution < 1.29 is 19.4 Å². The van der Waals surface area contributed by atoms with Crippen LogP contribution in [0.4, 0.5) is 0 Å². The highest BCUT2D eigenvalue weighted by molar-refractivity contribution is 5.96. The van der Waals surface area contributed by atoms with Gasteiger partial charge in [-0.05, 0) is 18.2 Å². The molecule has 1 aromatic heterocycles. The smallest absolute Gasteiger partial charge is 0.352 e. The van der Waals surface area contributed by atoms with Gasteiger partial charge in [0.1, 0.15) is 17.1 Å². The Bertz CT molecular complexity index is 468. The standard InChI is InChI=1S/C11H12N2O4/c1-7(14)13-9(11(15)16)6-8-10(17-2)4-3-5-12-8/h3-6H,1-2H3,(H,13,14)(H,15,16)/b9-6+. The fourth-order valence-corrected chi connectivity index (χ4v) is 1.16. The highest BCUT2D eigenvalue weighted by atomic mass is 16.5. The maximum Gasteiger partial charge on any atom is 0.352 e. The van der Waals surface area contributed by atoms with Crippen molar-refractivity contribution in [3.05, 3.63) is 29.7 Å². The van der Waals surface area contributed by atoms with Crippen LogP contribution in [0.5, 0.6) is 5.75 Å². The molecular weight excluding hydrogens is 224 g/mol. The zero-order valence-electron chi connectivity index (χ0n) is 9.43. The zero-order chi connectivity index (χ0) is 12.8. The van der Waals surface area contributed by atoms with Crippen LogP contribution in [0, 0.1) is 0 Å². The number of nitrogens with one attached hydrogen (secondary N) is 1. The number of aromatic nitrogens is 1. The van der Waals surface area contributed by atoms with Gasteiger partial charge >= 0.3 is 5.97 Å². The van der Waals surface area contributed by atoms with Gasteiger partial charge in [0.15, 0.2) is 0 Å². The molecule has 0 aromatic carbocycles. The molecule has 0 aliphatic carbocycles. The highest BCUT2D eigenvalue weighted by Crippen LogP contribution is 2.17. The third-order valence-electron chi connectivity index (χ3n) is 1.84. The third-order valence-corrected chi connectivity index (χ3v) is 1.84. The minimum Gasteiger partial charge on any atom is -0.494 e. The molecule has 1 aromatic rings. The number of amides is 1. The number of hydrogen-bond donors (Lipinski definition) is 2. The van der Waals surface area contributed by atoms with Crippen LogP contribution in [0.3, 0.4) is 0 Å². The van der Waals surface area contributed by atoms with Gasteiger partial charge in [-0.25, -0.2) is 4.79 Å². The minimum absolute atomic E-state index is 0.255. The summed E-state index contributed by atoms with van der Waals surface area (Å²) in [5.41, 5.74) is 0.0793. The van der Waals surface area contributed by atoms with Crippen molar-refractivity contribution in [2.24, 2.45) is 0 Å². The Morgan fingerprint density at radius 3 is 2.76 bits per heavy atom. The average Bonchev–Trinajstić information content (AvgIpc) is 2.28. The molecular formula is C11H12N2O4. The van der Waals surface area contributed by atoms with E-state index in [0.29, 0.717) is 11.4 Å². The number of carbonyl (C=O) groups excluding carboxylic acids is 1. The first-order valence-corrected chi connectivity index (χ1v) is 4.76. The Hall–Kier alpha value is -2.37. The molecule has 6 heteroatoms.